The maximum absolute atomic E-state index is 15.2. The van der Waals surface area contributed by atoms with E-state index in [0.29, 0.717) is 5.56 Å². The number of hydrogen-bond acceptors (Lipinski definition) is 5. The Balaban J connectivity index is 1.96. The van der Waals surface area contributed by atoms with Gasteiger partial charge >= 0.3 is 18.3 Å². The van der Waals surface area contributed by atoms with E-state index < -0.39 is 70.4 Å². The van der Waals surface area contributed by atoms with Gasteiger partial charge in [0.15, 0.2) is 0 Å². The molecule has 47 heavy (non-hydrogen) atoms. The average molecular weight is 667 g/mol. The van der Waals surface area contributed by atoms with E-state index in [1.165, 1.54) is 25.3 Å². The van der Waals surface area contributed by atoms with Crippen LogP contribution in [0.1, 0.15) is 49.1 Å². The summed E-state index contributed by atoms with van der Waals surface area (Å²) in [4.78, 5) is 28.5. The van der Waals surface area contributed by atoms with Crippen molar-refractivity contribution in [3.8, 4) is 5.75 Å². The Morgan fingerprint density at radius 2 is 1.43 bits per heavy atom. The van der Waals surface area contributed by atoms with Crippen molar-refractivity contribution < 1.29 is 50.5 Å². The fourth-order valence-electron chi connectivity index (χ4n) is 6.61. The number of hydrogen-bond donors (Lipinski definition) is 2. The molecule has 13 heteroatoms. The second-order valence-electron chi connectivity index (χ2n) is 12.4. The van der Waals surface area contributed by atoms with Gasteiger partial charge in [0, 0.05) is 36.7 Å². The lowest BCUT2D eigenvalue weighted by molar-refractivity contribution is -0.271. The quantitative estimate of drug-likeness (QED) is 0.240. The Bertz CT molecular complexity index is 1560. The number of ether oxygens (including phenoxy) is 2. The molecule has 1 saturated heterocycles. The zero-order chi connectivity index (χ0) is 34.9. The molecular formula is C34H36F6N2O5. The third-order valence-corrected chi connectivity index (χ3v) is 8.62. The molecule has 1 aliphatic heterocycles. The number of carbonyl (C=O) groups excluding carboxylic acids is 1. The Morgan fingerprint density at radius 1 is 0.851 bits per heavy atom. The Labute approximate surface area is 268 Å². The lowest BCUT2D eigenvalue weighted by atomic mass is 9.72. The van der Waals surface area contributed by atoms with E-state index in [0.717, 1.165) is 42.3 Å². The van der Waals surface area contributed by atoms with Crippen LogP contribution in [-0.2, 0) is 32.6 Å². The summed E-state index contributed by atoms with van der Waals surface area (Å²) in [5, 5.41) is 13.8. The molecule has 7 nitrogen and oxygen atoms in total. The third kappa shape index (κ3) is 6.68. The zero-order valence-electron chi connectivity index (χ0n) is 26.3. The molecule has 1 fully saturated rings. The highest BCUT2D eigenvalue weighted by Gasteiger charge is 2.68. The fourth-order valence-corrected chi connectivity index (χ4v) is 6.61. The number of methoxy groups -OCH3 is 2. The van der Waals surface area contributed by atoms with Crippen LogP contribution in [0.25, 0.3) is 0 Å². The zero-order valence-corrected chi connectivity index (χ0v) is 26.3. The molecule has 1 amide bonds. The van der Waals surface area contributed by atoms with Gasteiger partial charge in [-0.05, 0) is 29.2 Å². The molecule has 3 aromatic carbocycles. The Morgan fingerprint density at radius 3 is 1.89 bits per heavy atom. The van der Waals surface area contributed by atoms with Crippen molar-refractivity contribution in [1.29, 1.82) is 0 Å². The van der Waals surface area contributed by atoms with E-state index in [1.54, 1.807) is 51.1 Å². The number of rotatable bonds is 9. The monoisotopic (exact) mass is 666 g/mol. The predicted molar refractivity (Wildman–Crippen MR) is 160 cm³/mol. The first-order chi connectivity index (χ1) is 21.9. The molecule has 0 bridgehead atoms. The molecule has 1 heterocycles. The third-order valence-electron chi connectivity index (χ3n) is 8.62. The molecule has 3 aromatic rings. The van der Waals surface area contributed by atoms with Gasteiger partial charge in [0.1, 0.15) is 11.8 Å². The Kier molecular flexibility index (Phi) is 10.0. The second-order valence-corrected chi connectivity index (χ2v) is 12.4. The number of likely N-dealkylation sites (tertiary alicyclic amines) is 1. The van der Waals surface area contributed by atoms with Crippen LogP contribution in [0.4, 0.5) is 26.3 Å². The van der Waals surface area contributed by atoms with Crippen molar-refractivity contribution in [2.24, 2.45) is 11.3 Å². The van der Waals surface area contributed by atoms with Crippen LogP contribution in [0, 0.1) is 11.3 Å². The largest absolute Gasteiger partial charge is 0.496 e. The molecule has 0 spiro atoms. The number of carbonyl (C=O) groups is 2. The Hall–Kier alpha value is -4.10. The van der Waals surface area contributed by atoms with Crippen molar-refractivity contribution >= 4 is 11.9 Å². The standard InChI is InChI=1S/C34H36F6N2O5/c1-31(2,3)25-26(41-19-21-18-23(33(35,36)37)16-17-24(21)46-4)27(20-12-8-6-9-13-20)42(28(25)29(43)44)30(45)32(47-5,34(38,39)40)22-14-10-7-11-15-22/h6-18,25-28,41H,19H2,1-5H3,(H,43,44)/t25-,26-,27-,28-,32+/m0/s1. The first kappa shape index (κ1) is 35.7. The summed E-state index contributed by atoms with van der Waals surface area (Å²) in [5.74, 6) is -4.14. The molecule has 4 rings (SSSR count). The number of nitrogens with one attached hydrogen (secondary N) is 1. The van der Waals surface area contributed by atoms with Gasteiger partial charge in [-0.1, -0.05) is 81.4 Å². The van der Waals surface area contributed by atoms with Crippen LogP contribution in [0.15, 0.2) is 78.9 Å². The van der Waals surface area contributed by atoms with Crippen LogP contribution < -0.4 is 10.1 Å². The number of carboxylic acids is 1. The topological polar surface area (TPSA) is 88.1 Å². The number of alkyl halides is 6. The van der Waals surface area contributed by atoms with E-state index in [1.807, 2.05) is 0 Å². The molecule has 0 aliphatic carbocycles. The lowest BCUT2D eigenvalue weighted by Gasteiger charge is -2.40. The molecule has 0 radical (unpaired) electrons. The summed E-state index contributed by atoms with van der Waals surface area (Å²) in [5.41, 5.74) is -5.66. The lowest BCUT2D eigenvalue weighted by Crippen LogP contribution is -2.60. The fraction of sp³-hybridized carbons (Fsp3) is 0.412. The van der Waals surface area contributed by atoms with Crippen LogP contribution in [0.3, 0.4) is 0 Å². The maximum Gasteiger partial charge on any atom is 0.430 e. The van der Waals surface area contributed by atoms with Gasteiger partial charge in [0.25, 0.3) is 11.5 Å². The molecule has 254 valence electrons. The van der Waals surface area contributed by atoms with Gasteiger partial charge in [-0.25, -0.2) is 4.79 Å². The molecule has 2 N–H and O–H groups in total. The van der Waals surface area contributed by atoms with Gasteiger partial charge < -0.3 is 24.8 Å². The minimum Gasteiger partial charge on any atom is -0.496 e. The number of nitrogens with zero attached hydrogens (tertiary/aromatic N) is 1. The highest BCUT2D eigenvalue weighted by atomic mass is 19.4. The van der Waals surface area contributed by atoms with E-state index in [9.17, 15) is 27.9 Å². The molecule has 0 aromatic heterocycles. The van der Waals surface area contributed by atoms with Crippen LogP contribution in [0.5, 0.6) is 5.75 Å². The molecule has 0 saturated carbocycles. The molecular weight excluding hydrogens is 630 g/mol. The first-order valence-electron chi connectivity index (χ1n) is 14.7. The van der Waals surface area contributed by atoms with Crippen molar-refractivity contribution in [2.75, 3.05) is 14.2 Å². The van der Waals surface area contributed by atoms with Crippen LogP contribution in [-0.4, -0.2) is 54.4 Å². The maximum atomic E-state index is 15.2. The predicted octanol–water partition coefficient (Wildman–Crippen LogP) is 6.98. The molecule has 1 aliphatic rings. The van der Waals surface area contributed by atoms with E-state index in [2.05, 4.69) is 5.32 Å². The summed E-state index contributed by atoms with van der Waals surface area (Å²) in [6.07, 6.45) is -10.0. The summed E-state index contributed by atoms with van der Waals surface area (Å²) < 4.78 is 96.9. The average Bonchev–Trinajstić information content (AvgIpc) is 3.36. The first-order valence-corrected chi connectivity index (χ1v) is 14.7. The summed E-state index contributed by atoms with van der Waals surface area (Å²) in [6.45, 7) is 4.77. The van der Waals surface area contributed by atoms with Gasteiger partial charge in [0.05, 0.1) is 18.7 Å². The smallest absolute Gasteiger partial charge is 0.430 e. The van der Waals surface area contributed by atoms with Gasteiger partial charge in [-0.2, -0.15) is 26.3 Å². The van der Waals surface area contributed by atoms with E-state index in [-0.39, 0.29) is 17.9 Å². The number of benzene rings is 3. The highest BCUT2D eigenvalue weighted by molar-refractivity contribution is 5.92. The van der Waals surface area contributed by atoms with Crippen LogP contribution >= 0.6 is 0 Å². The molecule has 0 unspecified atom stereocenters. The highest BCUT2D eigenvalue weighted by Crippen LogP contribution is 2.52. The minimum absolute atomic E-state index is 0.0734. The number of halogens is 6. The van der Waals surface area contributed by atoms with Crippen LogP contribution in [0.2, 0.25) is 0 Å². The summed E-state index contributed by atoms with van der Waals surface area (Å²) in [6, 6.07) is 12.9. The number of carboxylic acid groups (broad SMARTS) is 1. The van der Waals surface area contributed by atoms with Gasteiger partial charge in [-0.15, -0.1) is 0 Å². The summed E-state index contributed by atoms with van der Waals surface area (Å²) >= 11 is 0. The van der Waals surface area contributed by atoms with Crippen molar-refractivity contribution in [1.82, 2.24) is 10.2 Å². The van der Waals surface area contributed by atoms with E-state index in [4.69, 9.17) is 9.47 Å². The van der Waals surface area contributed by atoms with Gasteiger partial charge in [-0.3, -0.25) is 4.79 Å². The summed E-state index contributed by atoms with van der Waals surface area (Å²) in [7, 11) is 2.01. The van der Waals surface area contributed by atoms with Crippen molar-refractivity contribution in [3.05, 3.63) is 101 Å². The number of aliphatic carboxylic acids is 1. The normalized spacial score (nSPS) is 21.7. The molecule has 5 atom stereocenters. The van der Waals surface area contributed by atoms with Crippen molar-refractivity contribution in [3.63, 3.8) is 0 Å². The SMILES string of the molecule is COc1ccc(C(F)(F)F)cc1CN[C@H]1[C@H](C(C)(C)C)[C@@H](C(=O)O)N(C(=O)[C@](OC)(c2ccccc2)C(F)(F)F)[C@H]1c1ccccc1. The van der Waals surface area contributed by atoms with E-state index >= 15 is 13.2 Å². The minimum atomic E-state index is -5.33. The number of amides is 1. The van der Waals surface area contributed by atoms with Gasteiger partial charge in [0.2, 0.25) is 0 Å². The second kappa shape index (κ2) is 13.2. The van der Waals surface area contributed by atoms with Crippen molar-refractivity contribution in [2.45, 2.75) is 63.4 Å².